The molecular weight excluding hydrogens is 222 g/mol. The van der Waals surface area contributed by atoms with Gasteiger partial charge in [0.05, 0.1) is 6.04 Å². The second-order valence-electron chi connectivity index (χ2n) is 4.30. The lowest BCUT2D eigenvalue weighted by Crippen LogP contribution is -2.21. The van der Waals surface area contributed by atoms with Crippen molar-refractivity contribution in [2.75, 3.05) is 0 Å². The molecule has 2 rings (SSSR count). The minimum Gasteiger partial charge on any atom is -0.318 e. The van der Waals surface area contributed by atoms with Crippen LogP contribution >= 0.6 is 0 Å². The minimum absolute atomic E-state index is 0.0381. The third kappa shape index (κ3) is 2.66. The van der Waals surface area contributed by atoms with Gasteiger partial charge < -0.3 is 5.73 Å². The van der Waals surface area contributed by atoms with Crippen molar-refractivity contribution in [3.8, 4) is 0 Å². The molecular formula is C16H17NO. The van der Waals surface area contributed by atoms with Gasteiger partial charge >= 0.3 is 0 Å². The molecule has 0 radical (unpaired) electrons. The van der Waals surface area contributed by atoms with E-state index in [0.717, 1.165) is 12.0 Å². The van der Waals surface area contributed by atoms with E-state index in [1.54, 1.807) is 0 Å². The van der Waals surface area contributed by atoms with E-state index in [2.05, 4.69) is 6.92 Å². The van der Waals surface area contributed by atoms with Crippen molar-refractivity contribution in [1.29, 1.82) is 0 Å². The number of hydrogen-bond acceptors (Lipinski definition) is 2. The average molecular weight is 239 g/mol. The van der Waals surface area contributed by atoms with Crippen LogP contribution in [0.2, 0.25) is 0 Å². The summed E-state index contributed by atoms with van der Waals surface area (Å²) < 4.78 is 0. The molecule has 2 N–H and O–H groups in total. The van der Waals surface area contributed by atoms with Crippen LogP contribution in [0, 0.1) is 0 Å². The van der Waals surface area contributed by atoms with Gasteiger partial charge in [-0.2, -0.15) is 0 Å². The number of aryl methyl sites for hydroxylation is 1. The maximum Gasteiger partial charge on any atom is 0.184 e. The number of Topliss-reactive ketones (excluding diaryl/α,β-unsaturated/α-hetero) is 1. The highest BCUT2D eigenvalue weighted by molar-refractivity contribution is 6.00. The Morgan fingerprint density at radius 3 is 2.22 bits per heavy atom. The molecule has 0 fully saturated rings. The predicted octanol–water partition coefficient (Wildman–Crippen LogP) is 3.13. The van der Waals surface area contributed by atoms with E-state index < -0.39 is 6.04 Å². The van der Waals surface area contributed by atoms with Crippen LogP contribution in [0.1, 0.15) is 34.5 Å². The Morgan fingerprint density at radius 2 is 1.67 bits per heavy atom. The van der Waals surface area contributed by atoms with Crippen LogP contribution < -0.4 is 5.73 Å². The summed E-state index contributed by atoms with van der Waals surface area (Å²) in [7, 11) is 0. The molecule has 0 spiro atoms. The average Bonchev–Trinajstić information content (AvgIpc) is 2.47. The summed E-state index contributed by atoms with van der Waals surface area (Å²) in [5.41, 5.74) is 8.73. The molecule has 1 atom stereocenters. The highest BCUT2D eigenvalue weighted by Crippen LogP contribution is 2.16. The molecule has 0 aromatic heterocycles. The van der Waals surface area contributed by atoms with E-state index in [4.69, 9.17) is 5.73 Å². The molecule has 0 amide bonds. The van der Waals surface area contributed by atoms with Gasteiger partial charge in [-0.15, -0.1) is 0 Å². The van der Waals surface area contributed by atoms with Gasteiger partial charge in [0.25, 0.3) is 0 Å². The Morgan fingerprint density at radius 1 is 1.06 bits per heavy atom. The van der Waals surface area contributed by atoms with E-state index in [9.17, 15) is 4.79 Å². The molecule has 0 bridgehead atoms. The fraction of sp³-hybridized carbons (Fsp3) is 0.188. The van der Waals surface area contributed by atoms with Crippen LogP contribution in [0.15, 0.2) is 54.6 Å². The van der Waals surface area contributed by atoms with Crippen molar-refractivity contribution >= 4 is 5.78 Å². The summed E-state index contributed by atoms with van der Waals surface area (Å²) in [5, 5.41) is 0. The molecule has 2 aromatic rings. The van der Waals surface area contributed by atoms with Crippen molar-refractivity contribution in [2.24, 2.45) is 5.73 Å². The van der Waals surface area contributed by atoms with Gasteiger partial charge in [-0.3, -0.25) is 4.79 Å². The zero-order valence-electron chi connectivity index (χ0n) is 10.5. The summed E-state index contributed by atoms with van der Waals surface area (Å²) in [6, 6.07) is 16.5. The fourth-order valence-electron chi connectivity index (χ4n) is 1.90. The fourth-order valence-corrected chi connectivity index (χ4v) is 1.90. The van der Waals surface area contributed by atoms with E-state index in [1.807, 2.05) is 54.6 Å². The largest absolute Gasteiger partial charge is 0.318 e. The molecule has 2 heteroatoms. The quantitative estimate of drug-likeness (QED) is 0.833. The number of ketones is 1. The first-order valence-corrected chi connectivity index (χ1v) is 6.16. The van der Waals surface area contributed by atoms with Crippen LogP contribution in [-0.2, 0) is 6.42 Å². The number of carbonyl (C=O) groups is 1. The number of rotatable bonds is 4. The lowest BCUT2D eigenvalue weighted by Gasteiger charge is -2.11. The molecule has 0 aliphatic rings. The van der Waals surface area contributed by atoms with Gasteiger partial charge in [0.1, 0.15) is 0 Å². The third-order valence-electron chi connectivity index (χ3n) is 3.09. The van der Waals surface area contributed by atoms with Crippen molar-refractivity contribution in [3.63, 3.8) is 0 Å². The number of carbonyl (C=O) groups excluding carboxylic acids is 1. The van der Waals surface area contributed by atoms with E-state index in [1.165, 1.54) is 5.56 Å². The first-order chi connectivity index (χ1) is 8.72. The summed E-state index contributed by atoms with van der Waals surface area (Å²) in [6.45, 7) is 2.09. The Bertz CT molecular complexity index is 517. The number of benzene rings is 2. The van der Waals surface area contributed by atoms with Crippen LogP contribution in [-0.4, -0.2) is 5.78 Å². The van der Waals surface area contributed by atoms with Gasteiger partial charge in [0, 0.05) is 5.56 Å². The van der Waals surface area contributed by atoms with Crippen LogP contribution in [0.5, 0.6) is 0 Å². The van der Waals surface area contributed by atoms with E-state index in [-0.39, 0.29) is 5.78 Å². The summed E-state index contributed by atoms with van der Waals surface area (Å²) in [5.74, 6) is -0.0381. The maximum absolute atomic E-state index is 12.2. The van der Waals surface area contributed by atoms with Crippen molar-refractivity contribution in [2.45, 2.75) is 19.4 Å². The first kappa shape index (κ1) is 12.5. The Balaban J connectivity index is 2.20. The molecule has 0 unspecified atom stereocenters. The van der Waals surface area contributed by atoms with Gasteiger partial charge in [-0.05, 0) is 17.5 Å². The standard InChI is InChI=1S/C16H17NO/c1-2-12-8-10-14(11-9-12)16(18)15(17)13-6-4-3-5-7-13/h3-11,15H,2,17H2,1H3/t15-/m1/s1. The summed E-state index contributed by atoms with van der Waals surface area (Å²) in [6.07, 6.45) is 0.971. The van der Waals surface area contributed by atoms with Gasteiger partial charge in [-0.1, -0.05) is 61.5 Å². The zero-order valence-corrected chi connectivity index (χ0v) is 10.5. The van der Waals surface area contributed by atoms with Gasteiger partial charge in [-0.25, -0.2) is 0 Å². The second kappa shape index (κ2) is 5.61. The predicted molar refractivity (Wildman–Crippen MR) is 73.5 cm³/mol. The Labute approximate surface area is 107 Å². The molecule has 0 aliphatic carbocycles. The molecule has 0 saturated carbocycles. The lowest BCUT2D eigenvalue weighted by atomic mass is 9.97. The Hall–Kier alpha value is -1.93. The van der Waals surface area contributed by atoms with Crippen molar-refractivity contribution in [1.82, 2.24) is 0 Å². The molecule has 92 valence electrons. The monoisotopic (exact) mass is 239 g/mol. The SMILES string of the molecule is CCc1ccc(C(=O)[C@H](N)c2ccccc2)cc1. The van der Waals surface area contributed by atoms with E-state index >= 15 is 0 Å². The molecule has 2 aromatic carbocycles. The third-order valence-corrected chi connectivity index (χ3v) is 3.09. The van der Waals surface area contributed by atoms with Crippen molar-refractivity contribution in [3.05, 3.63) is 71.3 Å². The van der Waals surface area contributed by atoms with Crippen LogP contribution in [0.4, 0.5) is 0 Å². The topological polar surface area (TPSA) is 43.1 Å². The molecule has 0 heterocycles. The number of hydrogen-bond donors (Lipinski definition) is 1. The maximum atomic E-state index is 12.2. The number of nitrogens with two attached hydrogens (primary N) is 1. The Kier molecular flexibility index (Phi) is 3.90. The second-order valence-corrected chi connectivity index (χ2v) is 4.30. The summed E-state index contributed by atoms with van der Waals surface area (Å²) in [4.78, 5) is 12.2. The highest BCUT2D eigenvalue weighted by atomic mass is 16.1. The van der Waals surface area contributed by atoms with Crippen molar-refractivity contribution < 1.29 is 4.79 Å². The minimum atomic E-state index is -0.585. The van der Waals surface area contributed by atoms with Crippen LogP contribution in [0.3, 0.4) is 0 Å². The van der Waals surface area contributed by atoms with Gasteiger partial charge in [0.2, 0.25) is 0 Å². The highest BCUT2D eigenvalue weighted by Gasteiger charge is 2.16. The van der Waals surface area contributed by atoms with Crippen LogP contribution in [0.25, 0.3) is 0 Å². The molecule has 0 aliphatic heterocycles. The lowest BCUT2D eigenvalue weighted by molar-refractivity contribution is 0.0961. The van der Waals surface area contributed by atoms with E-state index in [0.29, 0.717) is 5.56 Å². The summed E-state index contributed by atoms with van der Waals surface area (Å²) >= 11 is 0. The molecule has 2 nitrogen and oxygen atoms in total. The van der Waals surface area contributed by atoms with Gasteiger partial charge in [0.15, 0.2) is 5.78 Å². The normalized spacial score (nSPS) is 12.1. The first-order valence-electron chi connectivity index (χ1n) is 6.16. The molecule has 18 heavy (non-hydrogen) atoms. The smallest absolute Gasteiger partial charge is 0.184 e. The molecule has 0 saturated heterocycles. The zero-order chi connectivity index (χ0) is 13.0.